The first-order valence-corrected chi connectivity index (χ1v) is 16.8. The second-order valence-corrected chi connectivity index (χ2v) is 13.8. The molecule has 5 aliphatic rings. The SMILES string of the molecule is COc1cccc2c1C(=O)c1c(O)c3c(c(O)c1C2=O)C[C@@](O)(C(=O)NCC(=O)NC(C)C)C[C@@H]3O[C@H]1C[C@H]2[C@H](O[C@@H]3COCCN32)[C@H](C)O1. The number of ether oxygens (including phenoxy) is 5. The molecule has 2 aliphatic carbocycles. The molecule has 3 aliphatic heterocycles. The summed E-state index contributed by atoms with van der Waals surface area (Å²) in [7, 11) is 1.35. The number of amides is 2. The summed E-state index contributed by atoms with van der Waals surface area (Å²) >= 11 is 0. The van der Waals surface area contributed by atoms with E-state index in [9.17, 15) is 34.5 Å². The van der Waals surface area contributed by atoms with Crippen LogP contribution in [0.4, 0.5) is 0 Å². The Bertz CT molecular complexity index is 1760. The number of phenolic OH excluding ortho intramolecular Hbond substituents is 2. The summed E-state index contributed by atoms with van der Waals surface area (Å²) in [5, 5.41) is 40.7. The highest BCUT2D eigenvalue weighted by atomic mass is 16.7. The first kappa shape index (κ1) is 34.3. The fourth-order valence-corrected chi connectivity index (χ4v) is 7.99. The number of aliphatic hydroxyl groups is 1. The molecule has 0 bridgehead atoms. The Morgan fingerprint density at radius 3 is 2.60 bits per heavy atom. The van der Waals surface area contributed by atoms with Crippen molar-refractivity contribution in [3.05, 3.63) is 51.6 Å². The van der Waals surface area contributed by atoms with E-state index < -0.39 is 89.5 Å². The second-order valence-electron chi connectivity index (χ2n) is 13.8. The minimum Gasteiger partial charge on any atom is -0.507 e. The number of nitrogens with one attached hydrogen (secondary N) is 2. The molecule has 0 saturated carbocycles. The third kappa shape index (κ3) is 5.61. The molecule has 7 atom stereocenters. The highest BCUT2D eigenvalue weighted by molar-refractivity contribution is 6.31. The molecule has 2 aromatic rings. The van der Waals surface area contributed by atoms with Crippen molar-refractivity contribution in [2.45, 2.75) is 88.5 Å². The molecular weight excluding hydrogens is 654 g/mol. The Balaban J connectivity index is 1.28. The molecule has 2 aromatic carbocycles. The lowest BCUT2D eigenvalue weighted by Crippen LogP contribution is -2.55. The standard InChI is InChI=1S/C35H41N3O12/c1-15(2)37-22(39)13-36-34(44)35(45)11-18-26(21(12-35)49-24-10-19-33(16(3)48-24)50-23-14-47-9-8-38(19)23)32(43)28-27(30(18)41)29(40)17-6-5-7-20(46-4)25(17)31(28)42/h5-7,15-16,19,21,23-24,33,41,43,45H,8-14H2,1-4H3,(H,36,44)(H,37,39)/t16-,19-,21-,23+,24-,33+,35-/m0/s1. The third-order valence-corrected chi connectivity index (χ3v) is 10.2. The Kier molecular flexibility index (Phi) is 8.85. The average Bonchev–Trinajstić information content (AvgIpc) is 3.46. The number of carbonyl (C=O) groups excluding carboxylic acids is 4. The maximum Gasteiger partial charge on any atom is 0.252 e. The van der Waals surface area contributed by atoms with Crippen molar-refractivity contribution in [3.63, 3.8) is 0 Å². The minimum absolute atomic E-state index is 0.0383. The number of hydrogen-bond donors (Lipinski definition) is 5. The molecule has 2 amide bonds. The van der Waals surface area contributed by atoms with E-state index in [0.717, 1.165) is 0 Å². The van der Waals surface area contributed by atoms with Crippen LogP contribution < -0.4 is 15.4 Å². The maximum absolute atomic E-state index is 14.0. The summed E-state index contributed by atoms with van der Waals surface area (Å²) in [5.74, 6) is -4.08. The van der Waals surface area contributed by atoms with Gasteiger partial charge in [-0.25, -0.2) is 0 Å². The number of aromatic hydroxyl groups is 2. The number of benzene rings is 2. The van der Waals surface area contributed by atoms with Crippen LogP contribution in [0.25, 0.3) is 0 Å². The quantitative estimate of drug-likeness (QED) is 0.218. The van der Waals surface area contributed by atoms with E-state index >= 15 is 0 Å². The normalized spacial score (nSPS) is 30.1. The molecule has 3 fully saturated rings. The van der Waals surface area contributed by atoms with Crippen molar-refractivity contribution >= 4 is 23.4 Å². The fraction of sp³-hybridized carbons (Fsp3) is 0.543. The maximum atomic E-state index is 14.0. The monoisotopic (exact) mass is 695 g/mol. The van der Waals surface area contributed by atoms with Gasteiger partial charge in [0.25, 0.3) is 5.91 Å². The van der Waals surface area contributed by atoms with Gasteiger partial charge in [0.1, 0.15) is 35.2 Å². The van der Waals surface area contributed by atoms with Crippen LogP contribution in [0.5, 0.6) is 17.2 Å². The number of morpholine rings is 1. The molecule has 0 spiro atoms. The number of hydrogen-bond acceptors (Lipinski definition) is 13. The molecule has 5 N–H and O–H groups in total. The Labute approximate surface area is 287 Å². The highest BCUT2D eigenvalue weighted by Crippen LogP contribution is 2.52. The van der Waals surface area contributed by atoms with Gasteiger partial charge in [-0.05, 0) is 26.8 Å². The third-order valence-electron chi connectivity index (χ3n) is 10.2. The number of nitrogens with zero attached hydrogens (tertiary/aromatic N) is 1. The lowest BCUT2D eigenvalue weighted by molar-refractivity contribution is -0.247. The summed E-state index contributed by atoms with van der Waals surface area (Å²) < 4.78 is 29.9. The van der Waals surface area contributed by atoms with Crippen LogP contribution in [0.3, 0.4) is 0 Å². The number of rotatable bonds is 7. The molecule has 0 radical (unpaired) electrons. The van der Waals surface area contributed by atoms with Gasteiger partial charge in [-0.2, -0.15) is 0 Å². The van der Waals surface area contributed by atoms with Gasteiger partial charge >= 0.3 is 0 Å². The minimum atomic E-state index is -2.27. The first-order chi connectivity index (χ1) is 23.8. The molecule has 0 aromatic heterocycles. The van der Waals surface area contributed by atoms with E-state index in [4.69, 9.17) is 23.7 Å². The molecule has 268 valence electrons. The first-order valence-electron chi connectivity index (χ1n) is 16.8. The lowest BCUT2D eigenvalue weighted by atomic mass is 9.72. The lowest BCUT2D eigenvalue weighted by Gasteiger charge is -2.43. The van der Waals surface area contributed by atoms with Gasteiger partial charge in [0, 0.05) is 54.6 Å². The number of fused-ring (bicyclic) bond motifs is 6. The molecule has 0 unspecified atom stereocenters. The van der Waals surface area contributed by atoms with E-state index in [1.54, 1.807) is 13.8 Å². The largest absolute Gasteiger partial charge is 0.507 e. The van der Waals surface area contributed by atoms with Crippen molar-refractivity contribution in [3.8, 4) is 17.2 Å². The molecule has 50 heavy (non-hydrogen) atoms. The van der Waals surface area contributed by atoms with E-state index in [1.807, 2.05) is 6.92 Å². The number of ketones is 2. The smallest absolute Gasteiger partial charge is 0.252 e. The summed E-state index contributed by atoms with van der Waals surface area (Å²) in [4.78, 5) is 56.0. The number of methoxy groups -OCH3 is 1. The van der Waals surface area contributed by atoms with E-state index in [1.165, 1.54) is 25.3 Å². The Morgan fingerprint density at radius 1 is 1.10 bits per heavy atom. The van der Waals surface area contributed by atoms with Crippen molar-refractivity contribution in [2.75, 3.05) is 33.4 Å². The zero-order valence-electron chi connectivity index (χ0n) is 28.2. The van der Waals surface area contributed by atoms with Gasteiger partial charge in [0.2, 0.25) is 11.7 Å². The zero-order valence-corrected chi connectivity index (χ0v) is 28.2. The Morgan fingerprint density at radius 2 is 1.86 bits per heavy atom. The summed E-state index contributed by atoms with van der Waals surface area (Å²) in [6.45, 7) is 6.53. The number of phenols is 2. The van der Waals surface area contributed by atoms with Crippen LogP contribution in [-0.4, -0.2) is 119 Å². The van der Waals surface area contributed by atoms with Crippen LogP contribution in [-0.2, 0) is 35.0 Å². The van der Waals surface area contributed by atoms with Crippen LogP contribution >= 0.6 is 0 Å². The van der Waals surface area contributed by atoms with Crippen molar-refractivity contribution in [1.29, 1.82) is 0 Å². The summed E-state index contributed by atoms with van der Waals surface area (Å²) in [5.41, 5.74) is -3.47. The van der Waals surface area contributed by atoms with Crippen LogP contribution in [0.2, 0.25) is 0 Å². The van der Waals surface area contributed by atoms with Crippen molar-refractivity contribution in [1.82, 2.24) is 15.5 Å². The summed E-state index contributed by atoms with van der Waals surface area (Å²) in [6.07, 6.45) is -3.83. The molecule has 15 heteroatoms. The van der Waals surface area contributed by atoms with Gasteiger partial charge in [-0.3, -0.25) is 24.1 Å². The van der Waals surface area contributed by atoms with E-state index in [-0.39, 0.29) is 52.4 Å². The molecular formula is C35H41N3O12. The van der Waals surface area contributed by atoms with Gasteiger partial charge in [-0.15, -0.1) is 0 Å². The van der Waals surface area contributed by atoms with E-state index in [0.29, 0.717) is 26.2 Å². The van der Waals surface area contributed by atoms with Crippen LogP contribution in [0.1, 0.15) is 82.7 Å². The fourth-order valence-electron chi connectivity index (χ4n) is 7.99. The van der Waals surface area contributed by atoms with Crippen molar-refractivity contribution in [2.24, 2.45) is 0 Å². The second kappa shape index (κ2) is 12.9. The van der Waals surface area contributed by atoms with Gasteiger partial charge in [0.05, 0.1) is 55.8 Å². The summed E-state index contributed by atoms with van der Waals surface area (Å²) in [6, 6.07) is 4.16. The zero-order chi connectivity index (χ0) is 35.6. The molecule has 7 rings (SSSR count). The molecule has 3 saturated heterocycles. The predicted octanol–water partition coefficient (Wildman–Crippen LogP) is 0.818. The molecule has 3 heterocycles. The predicted molar refractivity (Wildman–Crippen MR) is 172 cm³/mol. The topological polar surface area (TPSA) is 202 Å². The van der Waals surface area contributed by atoms with Crippen LogP contribution in [0.15, 0.2) is 18.2 Å². The molecule has 15 nitrogen and oxygen atoms in total. The van der Waals surface area contributed by atoms with E-state index in [2.05, 4.69) is 15.5 Å². The highest BCUT2D eigenvalue weighted by Gasteiger charge is 2.53. The number of carbonyl (C=O) groups is 4. The van der Waals surface area contributed by atoms with Gasteiger partial charge in [-0.1, -0.05) is 12.1 Å². The average molecular weight is 696 g/mol. The van der Waals surface area contributed by atoms with Crippen molar-refractivity contribution < 1.29 is 58.2 Å². The van der Waals surface area contributed by atoms with Gasteiger partial charge in [0.15, 0.2) is 12.1 Å². The van der Waals surface area contributed by atoms with Crippen LogP contribution in [0, 0.1) is 0 Å². The van der Waals surface area contributed by atoms with Gasteiger partial charge < -0.3 is 49.6 Å². The Hall–Kier alpha value is -4.12.